The minimum atomic E-state index is -5.09. The van der Waals surface area contributed by atoms with Gasteiger partial charge in [0.15, 0.2) is 11.8 Å². The van der Waals surface area contributed by atoms with Crippen molar-refractivity contribution < 1.29 is 36.0 Å². The van der Waals surface area contributed by atoms with Gasteiger partial charge in [0.2, 0.25) is 5.91 Å². The molecular weight excluding hydrogens is 572 g/mol. The van der Waals surface area contributed by atoms with Crippen molar-refractivity contribution in [3.8, 4) is 0 Å². The summed E-state index contributed by atoms with van der Waals surface area (Å²) in [4.78, 5) is 24.3. The maximum absolute atomic E-state index is 13.2. The number of alkyl halides is 6. The van der Waals surface area contributed by atoms with Gasteiger partial charge in [-0.05, 0) is 18.9 Å². The first kappa shape index (κ1) is 27.4. The number of hydrogen-bond acceptors (Lipinski definition) is 6. The van der Waals surface area contributed by atoms with E-state index in [1.807, 2.05) is 23.6 Å². The molecular formula is C24H20ClF6N5O2S. The zero-order valence-electron chi connectivity index (χ0n) is 20.0. The maximum Gasteiger partial charge on any atom is 0.435 e. The fraction of sp³-hybridized carbons (Fsp3) is 0.417. The van der Waals surface area contributed by atoms with Gasteiger partial charge in [0.1, 0.15) is 18.0 Å². The van der Waals surface area contributed by atoms with Crippen LogP contribution in [0.3, 0.4) is 0 Å². The highest BCUT2D eigenvalue weighted by atomic mass is 35.5. The van der Waals surface area contributed by atoms with Gasteiger partial charge < -0.3 is 9.74 Å². The first-order chi connectivity index (χ1) is 18.4. The Hall–Kier alpha value is -3.13. The first-order valence-electron chi connectivity index (χ1n) is 11.8. The van der Waals surface area contributed by atoms with E-state index in [0.717, 1.165) is 10.6 Å². The van der Waals surface area contributed by atoms with Crippen LogP contribution in [0.1, 0.15) is 58.9 Å². The SMILES string of the molecule is O=C(Cn1nc(C(F)(F)F)cc1C(F)(F)F)N1CCC(c2nc(C3=NOC(c4ccccc4Cl)C3)cs2)CC1. The third-order valence-electron chi connectivity index (χ3n) is 6.58. The van der Waals surface area contributed by atoms with Crippen molar-refractivity contribution in [1.29, 1.82) is 0 Å². The molecule has 2 aromatic heterocycles. The molecule has 0 N–H and O–H groups in total. The van der Waals surface area contributed by atoms with E-state index >= 15 is 0 Å². The van der Waals surface area contributed by atoms with Gasteiger partial charge in [-0.3, -0.25) is 9.48 Å². The summed E-state index contributed by atoms with van der Waals surface area (Å²) in [6.07, 6.45) is -8.96. The zero-order chi connectivity index (χ0) is 27.9. The molecule has 0 bridgehead atoms. The summed E-state index contributed by atoms with van der Waals surface area (Å²) >= 11 is 7.70. The van der Waals surface area contributed by atoms with Gasteiger partial charge >= 0.3 is 12.4 Å². The third-order valence-corrected chi connectivity index (χ3v) is 7.93. The molecule has 1 saturated heterocycles. The second-order valence-corrected chi connectivity index (χ2v) is 10.4. The lowest BCUT2D eigenvalue weighted by Crippen LogP contribution is -2.40. The molecule has 1 amide bonds. The quantitative estimate of drug-likeness (QED) is 0.326. The second kappa shape index (κ2) is 10.5. The zero-order valence-corrected chi connectivity index (χ0v) is 21.5. The molecule has 7 nitrogen and oxygen atoms in total. The van der Waals surface area contributed by atoms with Crippen LogP contribution in [0.2, 0.25) is 5.02 Å². The van der Waals surface area contributed by atoms with Crippen LogP contribution in [0, 0.1) is 0 Å². The van der Waals surface area contributed by atoms with Gasteiger partial charge in [-0.15, -0.1) is 11.3 Å². The van der Waals surface area contributed by atoms with E-state index in [0.29, 0.717) is 35.7 Å². The third kappa shape index (κ3) is 5.91. The molecule has 1 atom stereocenters. The van der Waals surface area contributed by atoms with E-state index in [9.17, 15) is 31.1 Å². The molecule has 3 aromatic rings. The van der Waals surface area contributed by atoms with Crippen LogP contribution in [0.15, 0.2) is 40.9 Å². The smallest absolute Gasteiger partial charge is 0.387 e. The topological polar surface area (TPSA) is 72.6 Å². The monoisotopic (exact) mass is 591 g/mol. The Kier molecular flexibility index (Phi) is 7.35. The van der Waals surface area contributed by atoms with Gasteiger partial charge in [0.05, 0.1) is 10.7 Å². The van der Waals surface area contributed by atoms with Crippen molar-refractivity contribution in [2.45, 2.75) is 50.2 Å². The average Bonchev–Trinajstić information content (AvgIpc) is 3.63. The molecule has 1 aromatic carbocycles. The van der Waals surface area contributed by atoms with Crippen LogP contribution >= 0.6 is 22.9 Å². The van der Waals surface area contributed by atoms with Crippen LogP contribution < -0.4 is 0 Å². The minimum absolute atomic E-state index is 0.0161. The van der Waals surface area contributed by atoms with E-state index in [2.05, 4.69) is 10.3 Å². The Labute approximate surface area is 227 Å². The average molecular weight is 592 g/mol. The number of benzene rings is 1. The maximum atomic E-state index is 13.2. The fourth-order valence-corrected chi connectivity index (χ4v) is 5.81. The molecule has 1 fully saturated rings. The van der Waals surface area contributed by atoms with Gasteiger partial charge in [-0.1, -0.05) is 35.0 Å². The Bertz CT molecular complexity index is 1390. The van der Waals surface area contributed by atoms with Crippen molar-refractivity contribution in [3.63, 3.8) is 0 Å². The molecule has 15 heteroatoms. The second-order valence-electron chi connectivity index (χ2n) is 9.15. The Morgan fingerprint density at radius 3 is 2.49 bits per heavy atom. The molecule has 39 heavy (non-hydrogen) atoms. The molecule has 0 aliphatic carbocycles. The summed E-state index contributed by atoms with van der Waals surface area (Å²) in [5.41, 5.74) is -1.12. The molecule has 4 heterocycles. The molecule has 2 aliphatic heterocycles. The number of thiazole rings is 1. The molecule has 0 spiro atoms. The molecule has 0 saturated carbocycles. The predicted molar refractivity (Wildman–Crippen MR) is 129 cm³/mol. The largest absolute Gasteiger partial charge is 0.435 e. The van der Waals surface area contributed by atoms with E-state index in [1.54, 1.807) is 6.07 Å². The highest BCUT2D eigenvalue weighted by Crippen LogP contribution is 2.37. The van der Waals surface area contributed by atoms with Crippen molar-refractivity contribution in [2.24, 2.45) is 5.16 Å². The Morgan fingerprint density at radius 1 is 1.10 bits per heavy atom. The Morgan fingerprint density at radius 2 is 1.82 bits per heavy atom. The van der Waals surface area contributed by atoms with Crippen molar-refractivity contribution in [1.82, 2.24) is 19.7 Å². The molecule has 1 unspecified atom stereocenters. The fourth-order valence-electron chi connectivity index (χ4n) is 4.55. The summed E-state index contributed by atoms with van der Waals surface area (Å²) in [5.74, 6) is -0.721. The highest BCUT2D eigenvalue weighted by Gasteiger charge is 2.42. The van der Waals surface area contributed by atoms with Crippen LogP contribution in [0.25, 0.3) is 0 Å². The van der Waals surface area contributed by atoms with Crippen LogP contribution in [0.5, 0.6) is 0 Å². The van der Waals surface area contributed by atoms with Crippen molar-refractivity contribution in [3.05, 3.63) is 68.4 Å². The minimum Gasteiger partial charge on any atom is -0.387 e. The van der Waals surface area contributed by atoms with E-state index in [-0.39, 0.29) is 35.9 Å². The van der Waals surface area contributed by atoms with Gasteiger partial charge in [-0.2, -0.15) is 31.4 Å². The molecule has 0 radical (unpaired) electrons. The van der Waals surface area contributed by atoms with Crippen LogP contribution in [0.4, 0.5) is 26.3 Å². The predicted octanol–water partition coefficient (Wildman–Crippen LogP) is 6.30. The highest BCUT2D eigenvalue weighted by molar-refractivity contribution is 7.10. The van der Waals surface area contributed by atoms with E-state index in [1.165, 1.54) is 16.2 Å². The number of halogens is 7. The molecule has 2 aliphatic rings. The number of piperidine rings is 1. The summed E-state index contributed by atoms with van der Waals surface area (Å²) in [6, 6.07) is 7.26. The molecule has 5 rings (SSSR count). The standard InChI is InChI=1S/C24H20ClF6N5O2S/c25-15-4-2-1-3-14(15)18-9-16(34-38-18)17-12-39-22(32-17)13-5-7-35(8-6-13)21(37)11-36-20(24(29,30)31)10-19(33-36)23(26,27)28/h1-4,10,12-13,18H,5-9,11H2. The number of likely N-dealkylation sites (tertiary alicyclic amines) is 1. The lowest BCUT2D eigenvalue weighted by Gasteiger charge is -2.31. The van der Waals surface area contributed by atoms with Crippen molar-refractivity contribution in [2.75, 3.05) is 13.1 Å². The van der Waals surface area contributed by atoms with Gasteiger partial charge in [-0.25, -0.2) is 4.98 Å². The lowest BCUT2D eigenvalue weighted by molar-refractivity contribution is -0.146. The van der Waals surface area contributed by atoms with Gasteiger partial charge in [0.25, 0.3) is 0 Å². The van der Waals surface area contributed by atoms with Crippen LogP contribution in [-0.2, 0) is 28.5 Å². The van der Waals surface area contributed by atoms with E-state index < -0.39 is 36.2 Å². The normalized spacial score (nSPS) is 18.8. The first-order valence-corrected chi connectivity index (χ1v) is 13.1. The summed E-state index contributed by atoms with van der Waals surface area (Å²) in [5, 5.41) is 10.5. The number of carbonyl (C=O) groups is 1. The number of aromatic nitrogens is 3. The number of amides is 1. The number of rotatable bonds is 5. The Balaban J connectivity index is 1.19. The molecule has 208 valence electrons. The van der Waals surface area contributed by atoms with Crippen molar-refractivity contribution >= 4 is 34.6 Å². The summed E-state index contributed by atoms with van der Waals surface area (Å²) < 4.78 is 78.5. The number of oxime groups is 1. The van der Waals surface area contributed by atoms with Gasteiger partial charge in [0, 0.05) is 47.5 Å². The number of carbonyl (C=O) groups excluding carboxylic acids is 1. The van der Waals surface area contributed by atoms with E-state index in [4.69, 9.17) is 21.4 Å². The summed E-state index contributed by atoms with van der Waals surface area (Å²) in [7, 11) is 0. The van der Waals surface area contributed by atoms with Crippen LogP contribution in [-0.4, -0.2) is 44.4 Å². The summed E-state index contributed by atoms with van der Waals surface area (Å²) in [6.45, 7) is -0.485. The number of nitrogens with zero attached hydrogens (tertiary/aromatic N) is 5. The lowest BCUT2D eigenvalue weighted by atomic mass is 9.97. The number of hydrogen-bond donors (Lipinski definition) is 0.